The fraction of sp³-hybridized carbons (Fsp3) is 0.947. The highest BCUT2D eigenvalue weighted by Gasteiger charge is 2.57. The molecule has 4 aliphatic rings. The summed E-state index contributed by atoms with van der Waals surface area (Å²) >= 11 is 0. The minimum Gasteiger partial charge on any atom is -0.458 e. The lowest BCUT2D eigenvalue weighted by molar-refractivity contribution is -0.201. The predicted molar refractivity (Wildman–Crippen MR) is 87.9 cm³/mol. The van der Waals surface area contributed by atoms with Gasteiger partial charge in [0.2, 0.25) is 0 Å². The van der Waals surface area contributed by atoms with Crippen LogP contribution in [0.15, 0.2) is 0 Å². The van der Waals surface area contributed by atoms with Crippen LogP contribution in [-0.2, 0) is 14.3 Å². The van der Waals surface area contributed by atoms with Gasteiger partial charge in [-0.1, -0.05) is 0 Å². The second-order valence-corrected chi connectivity index (χ2v) is 9.34. The summed E-state index contributed by atoms with van der Waals surface area (Å²) in [7, 11) is 0. The average molecular weight is 324 g/mol. The number of aliphatic hydroxyl groups excluding tert-OH is 1. The van der Waals surface area contributed by atoms with Crippen LogP contribution < -0.4 is 0 Å². The molecular weight excluding hydrogens is 292 g/mol. The van der Waals surface area contributed by atoms with Crippen LogP contribution >= 0.6 is 0 Å². The molecule has 4 rings (SSSR count). The van der Waals surface area contributed by atoms with Crippen LogP contribution in [0, 0.1) is 23.2 Å². The van der Waals surface area contributed by atoms with Crippen LogP contribution in [0.1, 0.15) is 66.2 Å². The van der Waals surface area contributed by atoms with Crippen molar-refractivity contribution < 1.29 is 19.4 Å². The minimum atomic E-state index is -0.470. The maximum atomic E-state index is 12.0. The summed E-state index contributed by atoms with van der Waals surface area (Å²) in [5.41, 5.74) is -0.396. The van der Waals surface area contributed by atoms with Crippen LogP contribution in [0.4, 0.5) is 0 Å². The van der Waals surface area contributed by atoms with E-state index in [0.717, 1.165) is 31.1 Å². The minimum absolute atomic E-state index is 0.0370. The van der Waals surface area contributed by atoms with Gasteiger partial charge in [-0.2, -0.15) is 0 Å². The lowest BCUT2D eigenvalue weighted by Crippen LogP contribution is -2.58. The number of esters is 1. The van der Waals surface area contributed by atoms with E-state index in [4.69, 9.17) is 9.47 Å². The molecule has 0 radical (unpaired) electrons. The molecular formula is C19H32O4. The highest BCUT2D eigenvalue weighted by molar-refractivity contribution is 5.71. The second-order valence-electron chi connectivity index (χ2n) is 9.34. The molecule has 0 spiro atoms. The van der Waals surface area contributed by atoms with Crippen molar-refractivity contribution in [2.75, 3.05) is 6.61 Å². The summed E-state index contributed by atoms with van der Waals surface area (Å²) in [6, 6.07) is 0. The maximum absolute atomic E-state index is 12.0. The van der Waals surface area contributed by atoms with Crippen molar-refractivity contribution >= 4 is 5.97 Å². The predicted octanol–water partition coefficient (Wildman–Crippen LogP) is 3.31. The van der Waals surface area contributed by atoms with Gasteiger partial charge < -0.3 is 14.6 Å². The number of carbonyl (C=O) groups is 1. The van der Waals surface area contributed by atoms with Crippen molar-refractivity contribution in [3.05, 3.63) is 0 Å². The summed E-state index contributed by atoms with van der Waals surface area (Å²) in [6.07, 6.45) is 6.74. The van der Waals surface area contributed by atoms with Crippen molar-refractivity contribution in [1.29, 1.82) is 0 Å². The third-order valence-corrected chi connectivity index (χ3v) is 5.86. The van der Waals surface area contributed by atoms with E-state index < -0.39 is 5.60 Å². The Hall–Kier alpha value is -0.610. The number of hydrogen-bond donors (Lipinski definition) is 1. The molecule has 132 valence electrons. The lowest BCUT2D eigenvalue weighted by atomic mass is 9.47. The molecule has 4 fully saturated rings. The Bertz CT molecular complexity index is 431. The Morgan fingerprint density at radius 1 is 1.22 bits per heavy atom. The van der Waals surface area contributed by atoms with Gasteiger partial charge in [0.25, 0.3) is 0 Å². The van der Waals surface area contributed by atoms with Crippen molar-refractivity contribution in [2.45, 2.75) is 84.0 Å². The Balaban J connectivity index is 1.68. The van der Waals surface area contributed by atoms with E-state index in [9.17, 15) is 9.90 Å². The zero-order valence-electron chi connectivity index (χ0n) is 15.0. The van der Waals surface area contributed by atoms with Crippen molar-refractivity contribution in [2.24, 2.45) is 23.2 Å². The molecule has 4 unspecified atom stereocenters. The molecule has 0 saturated heterocycles. The van der Waals surface area contributed by atoms with Gasteiger partial charge in [-0.15, -0.1) is 0 Å². The van der Waals surface area contributed by atoms with Crippen molar-refractivity contribution in [3.63, 3.8) is 0 Å². The lowest BCUT2D eigenvalue weighted by Gasteiger charge is -2.61. The molecule has 1 N–H and O–H groups in total. The molecule has 4 heteroatoms. The molecule has 4 bridgehead atoms. The van der Waals surface area contributed by atoms with E-state index in [2.05, 4.69) is 0 Å². The molecule has 4 atom stereocenters. The molecule has 0 heterocycles. The molecule has 4 saturated carbocycles. The fourth-order valence-corrected chi connectivity index (χ4v) is 5.88. The van der Waals surface area contributed by atoms with Gasteiger partial charge in [0, 0.05) is 0 Å². The topological polar surface area (TPSA) is 55.8 Å². The fourth-order valence-electron chi connectivity index (χ4n) is 5.88. The van der Waals surface area contributed by atoms with Crippen LogP contribution in [0.5, 0.6) is 0 Å². The summed E-state index contributed by atoms with van der Waals surface area (Å²) in [5.74, 6) is 1.88. The van der Waals surface area contributed by atoms with Gasteiger partial charge in [0.1, 0.15) is 12.2 Å². The molecule has 0 aliphatic heterocycles. The van der Waals surface area contributed by atoms with Crippen LogP contribution in [-0.4, -0.2) is 35.5 Å². The van der Waals surface area contributed by atoms with Gasteiger partial charge in [0.05, 0.1) is 12.2 Å². The Morgan fingerprint density at radius 3 is 2.35 bits per heavy atom. The van der Waals surface area contributed by atoms with E-state index in [1.807, 2.05) is 27.7 Å². The van der Waals surface area contributed by atoms with Crippen LogP contribution in [0.25, 0.3) is 0 Å². The zero-order chi connectivity index (χ0) is 16.8. The third kappa shape index (κ3) is 3.74. The molecule has 0 aromatic rings. The first-order valence-electron chi connectivity index (χ1n) is 9.18. The highest BCUT2D eigenvalue weighted by Crippen LogP contribution is 2.62. The first-order chi connectivity index (χ1) is 10.7. The molecule has 23 heavy (non-hydrogen) atoms. The van der Waals surface area contributed by atoms with Gasteiger partial charge in [-0.05, 0) is 89.4 Å². The van der Waals surface area contributed by atoms with Crippen LogP contribution in [0.2, 0.25) is 0 Å². The SMILES string of the molecule is CC(O)CC12CC3CC(CC(C3)C1OCC(=O)OC(C)(C)C)C2. The normalized spacial score (nSPS) is 40.2. The van der Waals surface area contributed by atoms with Crippen LogP contribution in [0.3, 0.4) is 0 Å². The first-order valence-corrected chi connectivity index (χ1v) is 9.18. The molecule has 4 aliphatic carbocycles. The largest absolute Gasteiger partial charge is 0.458 e. The molecule has 0 amide bonds. The maximum Gasteiger partial charge on any atom is 0.332 e. The highest BCUT2D eigenvalue weighted by atomic mass is 16.6. The first kappa shape index (κ1) is 17.2. The van der Waals surface area contributed by atoms with Crippen molar-refractivity contribution in [3.8, 4) is 0 Å². The number of rotatable bonds is 5. The monoisotopic (exact) mass is 324 g/mol. The Labute approximate surface area is 139 Å². The second kappa shape index (κ2) is 6.03. The molecule has 0 aromatic carbocycles. The summed E-state index contributed by atoms with van der Waals surface area (Å²) in [5, 5.41) is 10.0. The zero-order valence-corrected chi connectivity index (χ0v) is 15.0. The quantitative estimate of drug-likeness (QED) is 0.788. The van der Waals surface area contributed by atoms with Gasteiger partial charge in [0.15, 0.2) is 0 Å². The Kier molecular flexibility index (Phi) is 4.52. The number of aliphatic hydroxyl groups is 1. The van der Waals surface area contributed by atoms with E-state index in [1.165, 1.54) is 19.3 Å². The molecule has 4 nitrogen and oxygen atoms in total. The van der Waals surface area contributed by atoms with Crippen molar-refractivity contribution in [1.82, 2.24) is 0 Å². The van der Waals surface area contributed by atoms with Gasteiger partial charge >= 0.3 is 5.97 Å². The number of ether oxygens (including phenoxy) is 2. The van der Waals surface area contributed by atoms with Gasteiger partial charge in [-0.3, -0.25) is 0 Å². The summed E-state index contributed by atoms with van der Waals surface area (Å²) < 4.78 is 11.5. The standard InChI is InChI=1S/C19H32O4/c1-12(20)8-19-9-13-5-14(10-19)7-15(6-13)17(19)22-11-16(21)23-18(2,3)4/h12-15,17,20H,5-11H2,1-4H3. The van der Waals surface area contributed by atoms with E-state index in [-0.39, 0.29) is 30.2 Å². The Morgan fingerprint density at radius 2 is 1.83 bits per heavy atom. The summed E-state index contributed by atoms with van der Waals surface area (Å²) in [6.45, 7) is 7.55. The van der Waals surface area contributed by atoms with E-state index >= 15 is 0 Å². The number of carbonyl (C=O) groups excluding carboxylic acids is 1. The summed E-state index contributed by atoms with van der Waals surface area (Å²) in [4.78, 5) is 12.0. The number of hydrogen-bond acceptors (Lipinski definition) is 4. The third-order valence-electron chi connectivity index (χ3n) is 5.86. The smallest absolute Gasteiger partial charge is 0.332 e. The van der Waals surface area contributed by atoms with Gasteiger partial charge in [-0.25, -0.2) is 4.79 Å². The van der Waals surface area contributed by atoms with E-state index in [1.54, 1.807) is 0 Å². The van der Waals surface area contributed by atoms with E-state index in [0.29, 0.717) is 5.92 Å². The average Bonchev–Trinajstić information content (AvgIpc) is 2.33. The molecule has 0 aromatic heterocycles.